The van der Waals surface area contributed by atoms with E-state index in [1.54, 1.807) is 12.3 Å². The highest BCUT2D eigenvalue weighted by Gasteiger charge is 2.45. The van der Waals surface area contributed by atoms with Gasteiger partial charge in [0.05, 0.1) is 10.7 Å². The molecule has 1 amide bonds. The molecule has 2 aromatic rings. The van der Waals surface area contributed by atoms with Crippen LogP contribution in [0.4, 0.5) is 15.0 Å². The molecule has 3 heterocycles. The van der Waals surface area contributed by atoms with Gasteiger partial charge in [0.15, 0.2) is 11.6 Å². The summed E-state index contributed by atoms with van der Waals surface area (Å²) in [4.78, 5) is 23.3. The fourth-order valence-electron chi connectivity index (χ4n) is 3.84. The van der Waals surface area contributed by atoms with Gasteiger partial charge in [-0.25, -0.2) is 19.2 Å². The zero-order valence-electron chi connectivity index (χ0n) is 14.4. The number of amides is 1. The molecule has 1 atom stereocenters. The van der Waals surface area contributed by atoms with Gasteiger partial charge < -0.3 is 19.6 Å². The summed E-state index contributed by atoms with van der Waals surface area (Å²) in [6, 6.07) is 4.21. The largest absolute Gasteiger partial charge is 0.465 e. The first-order chi connectivity index (χ1) is 13.0. The van der Waals surface area contributed by atoms with Gasteiger partial charge in [-0.15, -0.1) is 0 Å². The number of aromatic nitrogens is 2. The smallest absolute Gasteiger partial charge is 0.407 e. The Kier molecular flexibility index (Phi) is 4.63. The summed E-state index contributed by atoms with van der Waals surface area (Å²) >= 11 is 3.30. The first-order valence-corrected chi connectivity index (χ1v) is 9.41. The molecular formula is C18H18BrFN4O3. The molecule has 2 aliphatic heterocycles. The van der Waals surface area contributed by atoms with E-state index in [4.69, 9.17) is 4.74 Å². The predicted molar refractivity (Wildman–Crippen MR) is 99.7 cm³/mol. The molecule has 2 aliphatic rings. The van der Waals surface area contributed by atoms with Crippen LogP contribution in [0.25, 0.3) is 0 Å². The Labute approximate surface area is 163 Å². The number of halogens is 2. The van der Waals surface area contributed by atoms with Crippen molar-refractivity contribution in [2.24, 2.45) is 5.41 Å². The van der Waals surface area contributed by atoms with E-state index < -0.39 is 6.09 Å². The van der Waals surface area contributed by atoms with Gasteiger partial charge in [-0.1, -0.05) is 0 Å². The van der Waals surface area contributed by atoms with Crippen molar-refractivity contribution < 1.29 is 19.0 Å². The Morgan fingerprint density at radius 1 is 1.26 bits per heavy atom. The van der Waals surface area contributed by atoms with Gasteiger partial charge in [0, 0.05) is 31.6 Å². The maximum Gasteiger partial charge on any atom is 0.407 e. The quantitative estimate of drug-likeness (QED) is 0.788. The van der Waals surface area contributed by atoms with Crippen LogP contribution in [0.2, 0.25) is 0 Å². The van der Waals surface area contributed by atoms with Crippen molar-refractivity contribution in [3.05, 3.63) is 41.0 Å². The second-order valence-electron chi connectivity index (χ2n) is 7.01. The van der Waals surface area contributed by atoms with E-state index in [2.05, 4.69) is 30.8 Å². The van der Waals surface area contributed by atoms with Crippen molar-refractivity contribution in [2.45, 2.75) is 12.8 Å². The van der Waals surface area contributed by atoms with Crippen LogP contribution in [0.15, 0.2) is 35.2 Å². The number of likely N-dealkylation sites (tertiary alicyclic amines) is 1. The van der Waals surface area contributed by atoms with Gasteiger partial charge in [0.25, 0.3) is 0 Å². The SMILES string of the molecule is O=C(O)N1CCC2(CCN(c3ncncc3Oc3ccc(F)cc3Br)C2)C1. The summed E-state index contributed by atoms with van der Waals surface area (Å²) in [5, 5.41) is 9.23. The Bertz CT molecular complexity index is 883. The van der Waals surface area contributed by atoms with Crippen LogP contribution >= 0.6 is 15.9 Å². The van der Waals surface area contributed by atoms with Crippen molar-refractivity contribution in [1.29, 1.82) is 0 Å². The fraction of sp³-hybridized carbons (Fsp3) is 0.389. The third-order valence-electron chi connectivity index (χ3n) is 5.22. The molecule has 0 aliphatic carbocycles. The minimum atomic E-state index is -0.863. The lowest BCUT2D eigenvalue weighted by Crippen LogP contribution is -2.33. The molecule has 1 aromatic carbocycles. The lowest BCUT2D eigenvalue weighted by molar-refractivity contribution is 0.150. The zero-order valence-corrected chi connectivity index (χ0v) is 16.0. The number of benzene rings is 1. The van der Waals surface area contributed by atoms with Crippen LogP contribution in [-0.2, 0) is 0 Å². The molecular weight excluding hydrogens is 419 g/mol. The third-order valence-corrected chi connectivity index (χ3v) is 5.84. The van der Waals surface area contributed by atoms with Gasteiger partial charge in [-0.2, -0.15) is 0 Å². The molecule has 4 rings (SSSR count). The molecule has 0 saturated carbocycles. The molecule has 142 valence electrons. The van der Waals surface area contributed by atoms with Gasteiger partial charge >= 0.3 is 6.09 Å². The number of carbonyl (C=O) groups is 1. The van der Waals surface area contributed by atoms with E-state index in [-0.39, 0.29) is 11.2 Å². The molecule has 27 heavy (non-hydrogen) atoms. The molecule has 1 aromatic heterocycles. The summed E-state index contributed by atoms with van der Waals surface area (Å²) in [6.45, 7) is 2.60. The second-order valence-corrected chi connectivity index (χ2v) is 7.87. The lowest BCUT2D eigenvalue weighted by atomic mass is 9.86. The molecule has 1 spiro atoms. The minimum absolute atomic E-state index is 0.0446. The predicted octanol–water partition coefficient (Wildman–Crippen LogP) is 3.75. The highest BCUT2D eigenvalue weighted by atomic mass is 79.9. The van der Waals surface area contributed by atoms with E-state index >= 15 is 0 Å². The Balaban J connectivity index is 1.54. The van der Waals surface area contributed by atoms with Crippen molar-refractivity contribution >= 4 is 27.8 Å². The minimum Gasteiger partial charge on any atom is -0.465 e. The maximum atomic E-state index is 13.3. The molecule has 2 saturated heterocycles. The Hall–Kier alpha value is -2.42. The second kappa shape index (κ2) is 6.95. The molecule has 9 heteroatoms. The van der Waals surface area contributed by atoms with Crippen LogP contribution in [0.3, 0.4) is 0 Å². The summed E-state index contributed by atoms with van der Waals surface area (Å²) < 4.78 is 19.7. The number of anilines is 1. The van der Waals surface area contributed by atoms with E-state index in [1.165, 1.54) is 23.4 Å². The average molecular weight is 437 g/mol. The summed E-state index contributed by atoms with van der Waals surface area (Å²) in [5.74, 6) is 1.26. The van der Waals surface area contributed by atoms with Crippen molar-refractivity contribution in [2.75, 3.05) is 31.1 Å². The van der Waals surface area contributed by atoms with Crippen molar-refractivity contribution in [3.8, 4) is 11.5 Å². The number of rotatable bonds is 3. The van der Waals surface area contributed by atoms with Crippen LogP contribution in [0, 0.1) is 11.2 Å². The van der Waals surface area contributed by atoms with Gasteiger partial charge in [0.1, 0.15) is 17.9 Å². The summed E-state index contributed by atoms with van der Waals surface area (Å²) in [6.07, 6.45) is 3.94. The maximum absolute atomic E-state index is 13.3. The first-order valence-electron chi connectivity index (χ1n) is 8.62. The molecule has 0 radical (unpaired) electrons. The van der Waals surface area contributed by atoms with E-state index in [9.17, 15) is 14.3 Å². The number of hydrogen-bond donors (Lipinski definition) is 1. The number of carboxylic acid groups (broad SMARTS) is 1. The number of ether oxygens (including phenoxy) is 1. The Morgan fingerprint density at radius 3 is 2.81 bits per heavy atom. The van der Waals surface area contributed by atoms with E-state index in [0.29, 0.717) is 34.9 Å². The molecule has 0 bridgehead atoms. The topological polar surface area (TPSA) is 78.8 Å². The monoisotopic (exact) mass is 436 g/mol. The van der Waals surface area contributed by atoms with Gasteiger partial charge in [-0.3, -0.25) is 0 Å². The van der Waals surface area contributed by atoms with Crippen LogP contribution < -0.4 is 9.64 Å². The molecule has 1 unspecified atom stereocenters. The van der Waals surface area contributed by atoms with E-state index in [1.807, 2.05) is 0 Å². The highest BCUT2D eigenvalue weighted by molar-refractivity contribution is 9.10. The fourth-order valence-corrected chi connectivity index (χ4v) is 4.28. The highest BCUT2D eigenvalue weighted by Crippen LogP contribution is 2.43. The number of hydrogen-bond acceptors (Lipinski definition) is 5. The molecule has 2 fully saturated rings. The lowest BCUT2D eigenvalue weighted by Gasteiger charge is -2.25. The normalized spacial score (nSPS) is 21.9. The summed E-state index contributed by atoms with van der Waals surface area (Å²) in [5.41, 5.74) is -0.0446. The zero-order chi connectivity index (χ0) is 19.0. The first kappa shape index (κ1) is 18.0. The number of nitrogens with zero attached hydrogens (tertiary/aromatic N) is 4. The summed E-state index contributed by atoms with van der Waals surface area (Å²) in [7, 11) is 0. The van der Waals surface area contributed by atoms with Gasteiger partial charge in [0.2, 0.25) is 0 Å². The third kappa shape index (κ3) is 3.55. The average Bonchev–Trinajstić information content (AvgIpc) is 3.25. The van der Waals surface area contributed by atoms with Crippen LogP contribution in [-0.4, -0.2) is 52.2 Å². The van der Waals surface area contributed by atoms with Crippen molar-refractivity contribution in [3.63, 3.8) is 0 Å². The van der Waals surface area contributed by atoms with Crippen LogP contribution in [0.1, 0.15) is 12.8 Å². The standard InChI is InChI=1S/C18H18BrFN4O3/c19-13-7-12(20)1-2-14(13)27-15-8-21-11-22-16(15)23-5-3-18(9-23)4-6-24(10-18)17(25)26/h1-2,7-8,11H,3-6,9-10H2,(H,25,26). The van der Waals surface area contributed by atoms with Crippen LogP contribution in [0.5, 0.6) is 11.5 Å². The van der Waals surface area contributed by atoms with Gasteiger partial charge in [-0.05, 0) is 47.0 Å². The van der Waals surface area contributed by atoms with Crippen molar-refractivity contribution in [1.82, 2.24) is 14.9 Å². The molecule has 7 nitrogen and oxygen atoms in total. The molecule has 1 N–H and O–H groups in total. The van der Waals surface area contributed by atoms with E-state index in [0.717, 1.165) is 25.9 Å². The Morgan fingerprint density at radius 2 is 2.07 bits per heavy atom.